The summed E-state index contributed by atoms with van der Waals surface area (Å²) in [6.07, 6.45) is 4.09. The molecular weight excluding hydrogens is 914 g/mol. The molecule has 344 valence electrons. The number of nitrogens with zero attached hydrogens (tertiary/aromatic N) is 6. The Morgan fingerprint density at radius 3 is 1.56 bits per heavy atom. The highest BCUT2D eigenvalue weighted by Gasteiger charge is 2.39. The molecule has 0 bridgehead atoms. The van der Waals surface area contributed by atoms with Crippen LogP contribution in [0.3, 0.4) is 0 Å². The van der Waals surface area contributed by atoms with Gasteiger partial charge in [-0.05, 0) is 80.5 Å². The fourth-order valence-corrected chi connectivity index (χ4v) is 13.5. The molecule has 0 amide bonds. The molecule has 0 saturated heterocycles. The standard InChI is InChI=1S/C62H48B2N6S2/c1-40-33-35-50-52(37-40)71-61(67-50)49(39-65)59-55-54(57(43-22-18-19-23-43)69(59)63(44-24-9-5-10-25-44)45-26-11-6-12-27-45)60(56(66-4)62-68-51-36-34-41(2)38-53(51)72-62)70(58(55)48-32-20-17-21-42(48)3)64(46-28-13-7-14-29-46)47-30-15-8-16-31-47/h5-17,20-21,24-38,43H,18-19,22-23H2,1-3H3/b59-49-,60-56+. The molecule has 0 unspecified atom stereocenters. The number of thiazole rings is 2. The number of benzene rings is 7. The molecule has 72 heavy (non-hydrogen) atoms. The molecule has 0 spiro atoms. The summed E-state index contributed by atoms with van der Waals surface area (Å²) in [5.74, 6) is 0.102. The van der Waals surface area contributed by atoms with Crippen LogP contribution >= 0.6 is 22.7 Å². The number of nitriles is 1. The molecule has 10 heteroatoms. The molecule has 11 aromatic rings. The van der Waals surface area contributed by atoms with Crippen molar-refractivity contribution >= 4 is 101 Å². The molecule has 0 aliphatic heterocycles. The van der Waals surface area contributed by atoms with Gasteiger partial charge in [-0.2, -0.15) is 5.26 Å². The minimum Gasteiger partial charge on any atom is -0.384 e. The maximum absolute atomic E-state index is 12.2. The lowest BCUT2D eigenvalue weighted by molar-refractivity contribution is 0.692. The van der Waals surface area contributed by atoms with E-state index in [2.05, 4.69) is 223 Å². The van der Waals surface area contributed by atoms with Gasteiger partial charge in [-0.25, -0.2) is 14.8 Å². The fourth-order valence-electron chi connectivity index (χ4n) is 11.3. The van der Waals surface area contributed by atoms with Crippen LogP contribution in [-0.2, 0) is 0 Å². The molecule has 6 nitrogen and oxygen atoms in total. The van der Waals surface area contributed by atoms with Crippen LogP contribution in [0.1, 0.15) is 64.0 Å². The summed E-state index contributed by atoms with van der Waals surface area (Å²) in [4.78, 5) is 15.4. The largest absolute Gasteiger partial charge is 0.384 e. The SMILES string of the molecule is [C-]#[N+]/C(c1nc2ccc(C)cc2s1)=c1\c2c(C3CCCC3)n(B(c3ccccc3)c3ccccc3)/c(=C(/C#N)c3nc4ccc(C)cc4s3)c2c(-c2ccccc2C)n1B(c1ccccc1)c1ccccc1. The van der Waals surface area contributed by atoms with Crippen LogP contribution in [0.15, 0.2) is 182 Å². The minimum absolute atomic E-state index is 0.102. The van der Waals surface area contributed by atoms with E-state index >= 15 is 0 Å². The topological polar surface area (TPSA) is 63.8 Å². The van der Waals surface area contributed by atoms with Crippen molar-refractivity contribution in [3.63, 3.8) is 0 Å². The Bertz CT molecular complexity index is 3880. The van der Waals surface area contributed by atoms with Crippen LogP contribution < -0.4 is 32.5 Å². The molecule has 12 rings (SSSR count). The third-order valence-corrected chi connectivity index (χ3v) is 16.6. The Hall–Kier alpha value is -8.01. The molecule has 1 fully saturated rings. The molecular formula is C62H48B2N6S2. The van der Waals surface area contributed by atoms with Crippen molar-refractivity contribution in [1.82, 2.24) is 18.9 Å². The molecule has 1 aliphatic rings. The third-order valence-electron chi connectivity index (χ3n) is 14.5. The highest BCUT2D eigenvalue weighted by Crippen LogP contribution is 2.42. The van der Waals surface area contributed by atoms with Crippen molar-refractivity contribution < 1.29 is 0 Å². The number of hydrogen-bond acceptors (Lipinski definition) is 5. The monoisotopic (exact) mass is 962 g/mol. The number of aromatic nitrogens is 4. The van der Waals surface area contributed by atoms with E-state index in [9.17, 15) is 11.8 Å². The van der Waals surface area contributed by atoms with Crippen molar-refractivity contribution in [1.29, 1.82) is 5.26 Å². The first-order valence-corrected chi connectivity index (χ1v) is 26.4. The van der Waals surface area contributed by atoms with Gasteiger partial charge < -0.3 is 8.96 Å². The normalized spacial score (nSPS) is 13.6. The average Bonchev–Trinajstić information content (AvgIpc) is 4.27. The Kier molecular flexibility index (Phi) is 11.9. The molecule has 7 aromatic carbocycles. The van der Waals surface area contributed by atoms with Crippen molar-refractivity contribution in [2.45, 2.75) is 52.4 Å². The smallest absolute Gasteiger partial charge is 0.327 e. The van der Waals surface area contributed by atoms with Crippen LogP contribution in [-0.4, -0.2) is 32.6 Å². The maximum Gasteiger partial charge on any atom is 0.327 e. The molecule has 0 N–H and O–H groups in total. The second-order valence-corrected chi connectivity index (χ2v) is 21.2. The zero-order chi connectivity index (χ0) is 48.9. The Balaban J connectivity index is 1.43. The highest BCUT2D eigenvalue weighted by atomic mass is 32.1. The van der Waals surface area contributed by atoms with E-state index in [0.717, 1.165) is 123 Å². The summed E-state index contributed by atoms with van der Waals surface area (Å²) in [6.45, 7) is 15.2. The predicted molar refractivity (Wildman–Crippen MR) is 303 cm³/mol. The molecule has 1 aliphatic carbocycles. The summed E-state index contributed by atoms with van der Waals surface area (Å²) in [5.41, 5.74) is 13.6. The van der Waals surface area contributed by atoms with Gasteiger partial charge in [-0.15, -0.1) is 22.7 Å². The maximum atomic E-state index is 12.2. The van der Waals surface area contributed by atoms with Crippen LogP contribution in [0.4, 0.5) is 0 Å². The summed E-state index contributed by atoms with van der Waals surface area (Å²) < 4.78 is 7.09. The van der Waals surface area contributed by atoms with Crippen LogP contribution in [0.2, 0.25) is 0 Å². The Morgan fingerprint density at radius 1 is 0.583 bits per heavy atom. The van der Waals surface area contributed by atoms with Crippen molar-refractivity contribution in [3.05, 3.63) is 237 Å². The second kappa shape index (κ2) is 19.0. The molecule has 4 aromatic heterocycles. The zero-order valence-corrected chi connectivity index (χ0v) is 42.0. The number of hydrogen-bond donors (Lipinski definition) is 0. The van der Waals surface area contributed by atoms with Crippen molar-refractivity contribution in [2.24, 2.45) is 0 Å². The molecule has 0 atom stereocenters. The summed E-state index contributed by atoms with van der Waals surface area (Å²) in [6, 6.07) is 67.2. The van der Waals surface area contributed by atoms with E-state index in [4.69, 9.17) is 9.97 Å². The first-order chi connectivity index (χ1) is 35.4. The van der Waals surface area contributed by atoms with E-state index in [1.54, 1.807) is 22.7 Å². The summed E-state index contributed by atoms with van der Waals surface area (Å²) in [5, 5.41) is 17.1. The second-order valence-electron chi connectivity index (χ2n) is 19.1. The van der Waals surface area contributed by atoms with Gasteiger partial charge in [0.15, 0.2) is 0 Å². The first-order valence-electron chi connectivity index (χ1n) is 24.7. The molecule has 0 radical (unpaired) electrons. The van der Waals surface area contributed by atoms with Gasteiger partial charge in [0.05, 0.1) is 32.4 Å². The summed E-state index contributed by atoms with van der Waals surface area (Å²) >= 11 is 3.16. The van der Waals surface area contributed by atoms with Crippen LogP contribution in [0.5, 0.6) is 0 Å². The lowest BCUT2D eigenvalue weighted by Crippen LogP contribution is -2.54. The number of aryl methyl sites for hydroxylation is 3. The van der Waals surface area contributed by atoms with Gasteiger partial charge in [0, 0.05) is 33.1 Å². The van der Waals surface area contributed by atoms with Crippen molar-refractivity contribution in [3.8, 4) is 17.3 Å². The molecule has 4 heterocycles. The van der Waals surface area contributed by atoms with Gasteiger partial charge in [-0.3, -0.25) is 0 Å². The molecule has 1 saturated carbocycles. The predicted octanol–water partition coefficient (Wildman–Crippen LogP) is 11.0. The van der Waals surface area contributed by atoms with Gasteiger partial charge in [0.1, 0.15) is 21.7 Å². The van der Waals surface area contributed by atoms with Gasteiger partial charge in [0.2, 0.25) is 5.70 Å². The third kappa shape index (κ3) is 7.80. The van der Waals surface area contributed by atoms with E-state index in [0.29, 0.717) is 21.3 Å². The Morgan fingerprint density at radius 2 is 1.06 bits per heavy atom. The van der Waals surface area contributed by atoms with E-state index in [1.807, 2.05) is 0 Å². The first kappa shape index (κ1) is 45.1. The average molecular weight is 963 g/mol. The van der Waals surface area contributed by atoms with Gasteiger partial charge in [-0.1, -0.05) is 192 Å². The number of rotatable bonds is 10. The lowest BCUT2D eigenvalue weighted by atomic mass is 9.49. The zero-order valence-electron chi connectivity index (χ0n) is 40.4. The quantitative estimate of drug-likeness (QED) is 0.101. The van der Waals surface area contributed by atoms with Crippen molar-refractivity contribution in [2.75, 3.05) is 0 Å². The minimum atomic E-state index is -0.398. The van der Waals surface area contributed by atoms with Gasteiger partial charge in [0.25, 0.3) is 0 Å². The summed E-state index contributed by atoms with van der Waals surface area (Å²) in [7, 11) is 0. The number of fused-ring (bicyclic) bond motifs is 3. The lowest BCUT2D eigenvalue weighted by Gasteiger charge is -2.26. The van der Waals surface area contributed by atoms with Gasteiger partial charge >= 0.3 is 13.7 Å². The highest BCUT2D eigenvalue weighted by molar-refractivity contribution is 7.20. The van der Waals surface area contributed by atoms with E-state index in [1.165, 1.54) is 0 Å². The van der Waals surface area contributed by atoms with E-state index in [-0.39, 0.29) is 12.8 Å². The van der Waals surface area contributed by atoms with Crippen LogP contribution in [0.25, 0.3) is 58.6 Å². The van der Waals surface area contributed by atoms with E-state index < -0.39 is 6.85 Å². The Labute approximate surface area is 428 Å². The fraction of sp³-hybridized carbons (Fsp3) is 0.129. The van der Waals surface area contributed by atoms with Crippen LogP contribution in [0, 0.1) is 38.7 Å².